The highest BCUT2D eigenvalue weighted by Gasteiger charge is 2.35. The van der Waals surface area contributed by atoms with Crippen LogP contribution in [0.4, 0.5) is 17.6 Å². The van der Waals surface area contributed by atoms with E-state index in [0.29, 0.717) is 29.7 Å². The quantitative estimate of drug-likeness (QED) is 0.458. The van der Waals surface area contributed by atoms with Gasteiger partial charge in [-0.15, -0.1) is 0 Å². The minimum absolute atomic E-state index is 0.0633. The van der Waals surface area contributed by atoms with Crippen molar-refractivity contribution in [3.05, 3.63) is 106 Å². The Morgan fingerprint density at radius 1 is 0.972 bits per heavy atom. The van der Waals surface area contributed by atoms with E-state index in [0.717, 1.165) is 17.7 Å². The van der Waals surface area contributed by atoms with Gasteiger partial charge in [0.05, 0.1) is 11.5 Å². The number of nitrogens with zero attached hydrogens (tertiary/aromatic N) is 1. The highest BCUT2D eigenvalue weighted by atomic mass is 19.4. The van der Waals surface area contributed by atoms with Crippen molar-refractivity contribution in [3.8, 4) is 0 Å². The first-order chi connectivity index (χ1) is 17.1. The summed E-state index contributed by atoms with van der Waals surface area (Å²) in [5.74, 6) is -1.67. The molecule has 2 amide bonds. The van der Waals surface area contributed by atoms with Crippen LogP contribution in [0.5, 0.6) is 0 Å². The minimum atomic E-state index is -4.47. The molecule has 0 spiro atoms. The van der Waals surface area contributed by atoms with Crippen LogP contribution >= 0.6 is 0 Å². The van der Waals surface area contributed by atoms with E-state index in [1.807, 2.05) is 0 Å². The van der Waals surface area contributed by atoms with E-state index < -0.39 is 17.7 Å². The third-order valence-electron chi connectivity index (χ3n) is 6.50. The fourth-order valence-electron chi connectivity index (χ4n) is 4.57. The fourth-order valence-corrected chi connectivity index (χ4v) is 4.57. The molecule has 2 atom stereocenters. The largest absolute Gasteiger partial charge is 0.416 e. The summed E-state index contributed by atoms with van der Waals surface area (Å²) in [4.78, 5) is 28.0. The second kappa shape index (κ2) is 10.5. The van der Waals surface area contributed by atoms with Crippen molar-refractivity contribution in [3.63, 3.8) is 0 Å². The van der Waals surface area contributed by atoms with Crippen molar-refractivity contribution < 1.29 is 27.2 Å². The Labute approximate surface area is 206 Å². The summed E-state index contributed by atoms with van der Waals surface area (Å²) in [6.07, 6.45) is -4.04. The first-order valence-corrected chi connectivity index (χ1v) is 11.7. The number of likely N-dealkylation sites (tertiary alicyclic amines) is 1. The van der Waals surface area contributed by atoms with Crippen molar-refractivity contribution in [2.24, 2.45) is 5.92 Å². The molecule has 188 valence electrons. The van der Waals surface area contributed by atoms with Gasteiger partial charge in [-0.05, 0) is 60.4 Å². The highest BCUT2D eigenvalue weighted by molar-refractivity contribution is 5.94. The van der Waals surface area contributed by atoms with E-state index in [9.17, 15) is 27.2 Å². The molecule has 0 radical (unpaired) electrons. The topological polar surface area (TPSA) is 49.4 Å². The van der Waals surface area contributed by atoms with Gasteiger partial charge in [-0.2, -0.15) is 13.2 Å². The molecule has 0 bridgehead atoms. The van der Waals surface area contributed by atoms with E-state index in [-0.39, 0.29) is 36.6 Å². The summed E-state index contributed by atoms with van der Waals surface area (Å²) in [5, 5.41) is 2.73. The third kappa shape index (κ3) is 5.93. The van der Waals surface area contributed by atoms with Gasteiger partial charge in [-0.1, -0.05) is 42.5 Å². The Morgan fingerprint density at radius 3 is 2.42 bits per heavy atom. The zero-order chi connectivity index (χ0) is 25.9. The van der Waals surface area contributed by atoms with Gasteiger partial charge < -0.3 is 10.2 Å². The molecule has 4 rings (SSSR count). The van der Waals surface area contributed by atoms with E-state index in [2.05, 4.69) is 5.32 Å². The molecule has 0 unspecified atom stereocenters. The van der Waals surface area contributed by atoms with Crippen LogP contribution in [0.25, 0.3) is 0 Å². The number of hydrogen-bond acceptors (Lipinski definition) is 2. The summed E-state index contributed by atoms with van der Waals surface area (Å²) in [5.41, 5.74) is 1.35. The van der Waals surface area contributed by atoms with Gasteiger partial charge in [0.1, 0.15) is 5.82 Å². The molecule has 1 fully saturated rings. The van der Waals surface area contributed by atoms with Crippen LogP contribution < -0.4 is 5.32 Å². The first kappa shape index (κ1) is 25.4. The molecule has 3 aromatic carbocycles. The van der Waals surface area contributed by atoms with Crippen LogP contribution in [0.3, 0.4) is 0 Å². The standard InChI is InChI=1S/C28H26F4N2O2/c1-18-12-21(10-11-25(18)29)22-14-23(17-34(16-22)27(36)20-7-3-2-4-8-20)26(35)33-15-19-6-5-9-24(13-19)28(30,31)32/h2-13,22-23H,14-17H2,1H3,(H,33,35)/t22-,23-/m1/s1. The molecule has 0 saturated carbocycles. The second-order valence-electron chi connectivity index (χ2n) is 9.13. The van der Waals surface area contributed by atoms with Crippen molar-refractivity contribution in [1.29, 1.82) is 0 Å². The molecule has 1 saturated heterocycles. The zero-order valence-electron chi connectivity index (χ0n) is 19.7. The lowest BCUT2D eigenvalue weighted by atomic mass is 9.83. The van der Waals surface area contributed by atoms with E-state index in [1.165, 1.54) is 18.2 Å². The predicted molar refractivity (Wildman–Crippen MR) is 128 cm³/mol. The molecule has 0 aromatic heterocycles. The van der Waals surface area contributed by atoms with Gasteiger partial charge in [0.25, 0.3) is 5.91 Å². The predicted octanol–water partition coefficient (Wildman–Crippen LogP) is 5.72. The number of carbonyl (C=O) groups excluding carboxylic acids is 2. The smallest absolute Gasteiger partial charge is 0.352 e. The Balaban J connectivity index is 1.53. The highest BCUT2D eigenvalue weighted by Crippen LogP contribution is 2.33. The SMILES string of the molecule is Cc1cc([C@@H]2C[C@@H](C(=O)NCc3cccc(C(F)(F)F)c3)CN(C(=O)c3ccccc3)C2)ccc1F. The van der Waals surface area contributed by atoms with E-state index in [4.69, 9.17) is 0 Å². The molecule has 0 aliphatic carbocycles. The fraction of sp³-hybridized carbons (Fsp3) is 0.286. The number of halogens is 4. The number of nitrogens with one attached hydrogen (secondary N) is 1. The van der Waals surface area contributed by atoms with Crippen molar-refractivity contribution in [2.45, 2.75) is 32.0 Å². The van der Waals surface area contributed by atoms with Crippen molar-refractivity contribution in [2.75, 3.05) is 13.1 Å². The number of alkyl halides is 3. The van der Waals surface area contributed by atoms with Crippen LogP contribution in [0.2, 0.25) is 0 Å². The molecular formula is C28H26F4N2O2. The summed E-state index contributed by atoms with van der Waals surface area (Å²) in [7, 11) is 0. The maximum Gasteiger partial charge on any atom is 0.416 e. The van der Waals surface area contributed by atoms with Gasteiger partial charge >= 0.3 is 6.18 Å². The lowest BCUT2D eigenvalue weighted by Crippen LogP contribution is -2.48. The molecule has 1 aliphatic heterocycles. The second-order valence-corrected chi connectivity index (χ2v) is 9.13. The first-order valence-electron chi connectivity index (χ1n) is 11.7. The van der Waals surface area contributed by atoms with Crippen molar-refractivity contribution >= 4 is 11.8 Å². The minimum Gasteiger partial charge on any atom is -0.352 e. The Hall–Kier alpha value is -3.68. The summed E-state index contributed by atoms with van der Waals surface area (Å²) < 4.78 is 52.9. The average Bonchev–Trinajstić information content (AvgIpc) is 2.88. The summed E-state index contributed by atoms with van der Waals surface area (Å²) in [6.45, 7) is 2.15. The molecule has 1 heterocycles. The van der Waals surface area contributed by atoms with Crippen LogP contribution in [-0.2, 0) is 17.5 Å². The lowest BCUT2D eigenvalue weighted by molar-refractivity contribution is -0.137. The number of aryl methyl sites for hydroxylation is 1. The monoisotopic (exact) mass is 498 g/mol. The normalized spacial score (nSPS) is 18.1. The van der Waals surface area contributed by atoms with Gasteiger partial charge in [0, 0.05) is 31.1 Å². The summed E-state index contributed by atoms with van der Waals surface area (Å²) >= 11 is 0. The number of rotatable bonds is 5. The number of piperidine rings is 1. The Morgan fingerprint density at radius 2 is 1.72 bits per heavy atom. The van der Waals surface area contributed by atoms with Crippen molar-refractivity contribution in [1.82, 2.24) is 10.2 Å². The Bertz CT molecular complexity index is 1240. The molecule has 4 nitrogen and oxygen atoms in total. The molecule has 8 heteroatoms. The molecule has 36 heavy (non-hydrogen) atoms. The lowest BCUT2D eigenvalue weighted by Gasteiger charge is -2.37. The molecule has 1 N–H and O–H groups in total. The number of carbonyl (C=O) groups is 2. The van der Waals surface area contributed by atoms with Crippen LogP contribution in [0.15, 0.2) is 72.8 Å². The van der Waals surface area contributed by atoms with Crippen LogP contribution in [0, 0.1) is 18.7 Å². The van der Waals surface area contributed by atoms with E-state index in [1.54, 1.807) is 54.3 Å². The average molecular weight is 499 g/mol. The van der Waals surface area contributed by atoms with E-state index >= 15 is 0 Å². The van der Waals surface area contributed by atoms with Crippen LogP contribution in [-0.4, -0.2) is 29.8 Å². The maximum absolute atomic E-state index is 13.9. The van der Waals surface area contributed by atoms with Gasteiger partial charge in [-0.3, -0.25) is 9.59 Å². The zero-order valence-corrected chi connectivity index (χ0v) is 19.7. The molecular weight excluding hydrogens is 472 g/mol. The number of amides is 2. The summed E-state index contributed by atoms with van der Waals surface area (Å²) in [6, 6.07) is 18.3. The number of hydrogen-bond donors (Lipinski definition) is 1. The molecule has 1 aliphatic rings. The molecule has 3 aromatic rings. The van der Waals surface area contributed by atoms with Gasteiger partial charge in [-0.25, -0.2) is 4.39 Å². The maximum atomic E-state index is 13.9. The third-order valence-corrected chi connectivity index (χ3v) is 6.50. The van der Waals surface area contributed by atoms with Gasteiger partial charge in [0.15, 0.2) is 0 Å². The number of benzene rings is 3. The Kier molecular flexibility index (Phi) is 7.43. The van der Waals surface area contributed by atoms with Crippen LogP contribution in [0.1, 0.15) is 45.0 Å². The van der Waals surface area contributed by atoms with Gasteiger partial charge in [0.2, 0.25) is 5.91 Å².